The molecule has 0 spiro atoms. The van der Waals surface area contributed by atoms with E-state index in [2.05, 4.69) is 6.92 Å². The summed E-state index contributed by atoms with van der Waals surface area (Å²) in [6, 6.07) is 4.92. The molecular weight excluding hydrogens is 354 g/mol. The van der Waals surface area contributed by atoms with Crippen LogP contribution in [0.2, 0.25) is 0 Å². The lowest BCUT2D eigenvalue weighted by atomic mass is 9.90. The van der Waals surface area contributed by atoms with Gasteiger partial charge in [0.2, 0.25) is 10.0 Å². The first kappa shape index (κ1) is 19.3. The van der Waals surface area contributed by atoms with Crippen LogP contribution in [-0.4, -0.2) is 69.5 Å². The number of hydrogen-bond donors (Lipinski definition) is 1. The number of hydrogen-bond acceptors (Lipinski definition) is 5. The molecule has 1 unspecified atom stereocenters. The Bertz CT molecular complexity index is 790. The summed E-state index contributed by atoms with van der Waals surface area (Å²) < 4.78 is 32.6. The molecule has 0 aliphatic carbocycles. The number of aryl methyl sites for hydroxylation is 1. The monoisotopic (exact) mass is 381 g/mol. The zero-order valence-corrected chi connectivity index (χ0v) is 16.2. The van der Waals surface area contributed by atoms with E-state index in [0.29, 0.717) is 57.1 Å². The first-order valence-corrected chi connectivity index (χ1v) is 10.4. The molecule has 2 aliphatic rings. The molecule has 0 radical (unpaired) electrons. The molecular formula is C18H27N3O4S. The van der Waals surface area contributed by atoms with E-state index >= 15 is 0 Å². The minimum absolute atomic E-state index is 0.0664. The quantitative estimate of drug-likeness (QED) is 0.834. The van der Waals surface area contributed by atoms with Crippen molar-refractivity contribution in [3.63, 3.8) is 0 Å². The second-order valence-electron chi connectivity index (χ2n) is 7.49. The van der Waals surface area contributed by atoms with Crippen LogP contribution in [0.3, 0.4) is 0 Å². The Morgan fingerprint density at radius 1 is 1.27 bits per heavy atom. The molecule has 7 nitrogen and oxygen atoms in total. The number of ether oxygens (including phenoxy) is 1. The second kappa shape index (κ2) is 7.26. The topological polar surface area (TPSA) is 92.9 Å². The Morgan fingerprint density at radius 3 is 2.58 bits per heavy atom. The molecule has 0 saturated carbocycles. The van der Waals surface area contributed by atoms with E-state index in [1.165, 1.54) is 10.4 Å². The van der Waals surface area contributed by atoms with Gasteiger partial charge in [-0.25, -0.2) is 8.42 Å². The van der Waals surface area contributed by atoms with E-state index in [0.717, 1.165) is 6.42 Å². The summed E-state index contributed by atoms with van der Waals surface area (Å²) in [5.74, 6) is -0.138. The van der Waals surface area contributed by atoms with Gasteiger partial charge < -0.3 is 15.4 Å². The van der Waals surface area contributed by atoms with E-state index in [9.17, 15) is 13.2 Å². The average Bonchev–Trinajstić information content (AvgIpc) is 3.05. The van der Waals surface area contributed by atoms with Crippen LogP contribution in [-0.2, 0) is 14.8 Å². The van der Waals surface area contributed by atoms with Crippen molar-refractivity contribution in [1.82, 2.24) is 9.21 Å². The Morgan fingerprint density at radius 2 is 1.96 bits per heavy atom. The molecule has 2 N–H and O–H groups in total. The van der Waals surface area contributed by atoms with Gasteiger partial charge in [0.05, 0.1) is 18.1 Å². The summed E-state index contributed by atoms with van der Waals surface area (Å²) in [7, 11) is -3.64. The van der Waals surface area contributed by atoms with Gasteiger partial charge >= 0.3 is 0 Å². The summed E-state index contributed by atoms with van der Waals surface area (Å²) in [5, 5.41) is 0. The molecule has 0 aromatic heterocycles. The normalized spacial score (nSPS) is 24.8. The Hall–Kier alpha value is -1.48. The molecule has 1 atom stereocenters. The number of nitrogens with two attached hydrogens (primary N) is 1. The molecule has 144 valence electrons. The van der Waals surface area contributed by atoms with Crippen LogP contribution in [0.1, 0.15) is 29.3 Å². The van der Waals surface area contributed by atoms with Crippen LogP contribution in [0.4, 0.5) is 0 Å². The molecule has 2 fully saturated rings. The van der Waals surface area contributed by atoms with Crippen LogP contribution in [0.5, 0.6) is 0 Å². The number of sulfonamides is 1. The lowest BCUT2D eigenvalue weighted by molar-refractivity contribution is 0.0729. The Balaban J connectivity index is 1.87. The van der Waals surface area contributed by atoms with Gasteiger partial charge in [-0.1, -0.05) is 13.0 Å². The molecule has 3 rings (SSSR count). The van der Waals surface area contributed by atoms with Crippen molar-refractivity contribution < 1.29 is 17.9 Å². The summed E-state index contributed by atoms with van der Waals surface area (Å²) >= 11 is 0. The van der Waals surface area contributed by atoms with Gasteiger partial charge in [0.15, 0.2) is 0 Å². The smallest absolute Gasteiger partial charge is 0.253 e. The van der Waals surface area contributed by atoms with Crippen molar-refractivity contribution in [1.29, 1.82) is 0 Å². The standard InChI is InChI=1S/C18H27N3O4S/c1-14-3-4-15(17(22)20-6-5-18(2,12-19)13-20)11-16(14)26(23,24)21-7-9-25-10-8-21/h3-4,11H,5-10,12-13,19H2,1-2H3. The number of likely N-dealkylation sites (tertiary alicyclic amines) is 1. The Kier molecular flexibility index (Phi) is 5.39. The van der Waals surface area contributed by atoms with E-state index in [1.54, 1.807) is 24.0 Å². The van der Waals surface area contributed by atoms with E-state index < -0.39 is 10.0 Å². The van der Waals surface area contributed by atoms with Crippen LogP contribution < -0.4 is 5.73 Å². The molecule has 8 heteroatoms. The third kappa shape index (κ3) is 3.64. The zero-order valence-electron chi connectivity index (χ0n) is 15.4. The summed E-state index contributed by atoms with van der Waals surface area (Å²) in [6.07, 6.45) is 0.861. The minimum Gasteiger partial charge on any atom is -0.379 e. The fourth-order valence-corrected chi connectivity index (χ4v) is 5.14. The van der Waals surface area contributed by atoms with Crippen LogP contribution in [0, 0.1) is 12.3 Å². The van der Waals surface area contributed by atoms with Gasteiger partial charge in [-0.15, -0.1) is 0 Å². The fourth-order valence-electron chi connectivity index (χ4n) is 3.48. The average molecular weight is 381 g/mol. The molecule has 1 aromatic carbocycles. The largest absolute Gasteiger partial charge is 0.379 e. The summed E-state index contributed by atoms with van der Waals surface area (Å²) in [4.78, 5) is 14.8. The van der Waals surface area contributed by atoms with E-state index in [4.69, 9.17) is 10.5 Å². The molecule has 1 aromatic rings. The third-order valence-corrected chi connectivity index (χ3v) is 7.40. The number of rotatable bonds is 4. The van der Waals surface area contributed by atoms with Gasteiger partial charge in [0.1, 0.15) is 0 Å². The molecule has 26 heavy (non-hydrogen) atoms. The molecule has 0 bridgehead atoms. The molecule has 2 heterocycles. The van der Waals surface area contributed by atoms with Crippen molar-refractivity contribution in [3.05, 3.63) is 29.3 Å². The highest BCUT2D eigenvalue weighted by Crippen LogP contribution is 2.30. The lowest BCUT2D eigenvalue weighted by Gasteiger charge is -2.27. The van der Waals surface area contributed by atoms with Crippen molar-refractivity contribution in [2.24, 2.45) is 11.1 Å². The van der Waals surface area contributed by atoms with Crippen LogP contribution in [0.25, 0.3) is 0 Å². The zero-order chi connectivity index (χ0) is 18.9. The van der Waals surface area contributed by atoms with Crippen LogP contribution in [0.15, 0.2) is 23.1 Å². The maximum atomic E-state index is 13.0. The van der Waals surface area contributed by atoms with E-state index in [-0.39, 0.29) is 16.2 Å². The number of benzene rings is 1. The minimum atomic E-state index is -3.64. The highest BCUT2D eigenvalue weighted by atomic mass is 32.2. The summed E-state index contributed by atoms with van der Waals surface area (Å²) in [6.45, 7) is 7.05. The van der Waals surface area contributed by atoms with Gasteiger partial charge in [-0.3, -0.25) is 4.79 Å². The highest BCUT2D eigenvalue weighted by molar-refractivity contribution is 7.89. The van der Waals surface area contributed by atoms with Gasteiger partial charge in [-0.05, 0) is 43.0 Å². The number of nitrogens with zero attached hydrogens (tertiary/aromatic N) is 2. The first-order valence-electron chi connectivity index (χ1n) is 8.95. The van der Waals surface area contributed by atoms with Gasteiger partial charge in [0, 0.05) is 31.7 Å². The lowest BCUT2D eigenvalue weighted by Crippen LogP contribution is -2.41. The molecule has 2 saturated heterocycles. The number of carbonyl (C=O) groups is 1. The van der Waals surface area contributed by atoms with Crippen molar-refractivity contribution >= 4 is 15.9 Å². The first-order chi connectivity index (χ1) is 12.3. The maximum Gasteiger partial charge on any atom is 0.253 e. The predicted octanol–water partition coefficient (Wildman–Crippen LogP) is 0.827. The second-order valence-corrected chi connectivity index (χ2v) is 9.39. The summed E-state index contributed by atoms with van der Waals surface area (Å²) in [5.41, 5.74) is 6.80. The fraction of sp³-hybridized carbons (Fsp3) is 0.611. The maximum absolute atomic E-state index is 13.0. The van der Waals surface area contributed by atoms with Crippen molar-refractivity contribution in [2.45, 2.75) is 25.2 Å². The van der Waals surface area contributed by atoms with Gasteiger partial charge in [-0.2, -0.15) is 4.31 Å². The van der Waals surface area contributed by atoms with Gasteiger partial charge in [0.25, 0.3) is 5.91 Å². The van der Waals surface area contributed by atoms with Crippen molar-refractivity contribution in [3.8, 4) is 0 Å². The predicted molar refractivity (Wildman–Crippen MR) is 98.4 cm³/mol. The third-order valence-electron chi connectivity index (χ3n) is 5.36. The van der Waals surface area contributed by atoms with Crippen LogP contribution >= 0.6 is 0 Å². The SMILES string of the molecule is Cc1ccc(C(=O)N2CCC(C)(CN)C2)cc1S(=O)(=O)N1CCOCC1. The number of morpholine rings is 1. The number of amides is 1. The Labute approximate surface area is 155 Å². The molecule has 2 aliphatic heterocycles. The molecule has 1 amide bonds. The number of carbonyl (C=O) groups excluding carboxylic acids is 1. The van der Waals surface area contributed by atoms with Crippen molar-refractivity contribution in [2.75, 3.05) is 45.9 Å². The van der Waals surface area contributed by atoms with E-state index in [1.807, 2.05) is 0 Å². The highest BCUT2D eigenvalue weighted by Gasteiger charge is 2.36.